The molecular formula is C41H71N5O9. The second-order valence-electron chi connectivity index (χ2n) is 15.9. The van der Waals surface area contributed by atoms with Crippen molar-refractivity contribution in [3.63, 3.8) is 0 Å². The van der Waals surface area contributed by atoms with Crippen LogP contribution in [-0.4, -0.2) is 128 Å². The maximum Gasteiger partial charge on any atom is 0.409 e. The van der Waals surface area contributed by atoms with Crippen molar-refractivity contribution >= 4 is 23.8 Å². The first-order valence-electron chi connectivity index (χ1n) is 19.9. The molecule has 1 aromatic carbocycles. The number of nitrogens with one attached hydrogen (secondary N) is 3. The fraction of sp³-hybridized carbons (Fsp3) is 0.756. The van der Waals surface area contributed by atoms with Crippen molar-refractivity contribution < 1.29 is 43.6 Å². The predicted molar refractivity (Wildman–Crippen MR) is 212 cm³/mol. The van der Waals surface area contributed by atoms with E-state index >= 15 is 0 Å². The summed E-state index contributed by atoms with van der Waals surface area (Å²) in [6, 6.07) is 6.73. The van der Waals surface area contributed by atoms with Crippen LogP contribution in [0.1, 0.15) is 92.7 Å². The molecule has 1 aliphatic heterocycles. The lowest BCUT2D eigenvalue weighted by Gasteiger charge is -2.39. The molecule has 14 nitrogen and oxygen atoms in total. The minimum Gasteiger partial charge on any atom is -0.453 e. The van der Waals surface area contributed by atoms with Crippen LogP contribution in [0.4, 0.5) is 4.79 Å². The second kappa shape index (κ2) is 23.1. The number of methoxy groups -OCH3 is 3. The Morgan fingerprint density at radius 1 is 0.891 bits per heavy atom. The van der Waals surface area contributed by atoms with Crippen LogP contribution in [0.3, 0.4) is 0 Å². The van der Waals surface area contributed by atoms with E-state index in [0.29, 0.717) is 12.1 Å². The molecule has 0 bridgehead atoms. The number of amides is 4. The molecule has 4 amide bonds. The van der Waals surface area contributed by atoms with E-state index in [-0.39, 0.29) is 54.5 Å². The first kappa shape index (κ1) is 47.9. The molecule has 1 fully saturated rings. The summed E-state index contributed by atoms with van der Waals surface area (Å²) in [6.07, 6.45) is -0.766. The van der Waals surface area contributed by atoms with Gasteiger partial charge in [-0.1, -0.05) is 85.2 Å². The number of carbonyl (C=O) groups excluding carboxylic acids is 4. The third kappa shape index (κ3) is 13.1. The Kier molecular flexibility index (Phi) is 20.1. The summed E-state index contributed by atoms with van der Waals surface area (Å²) in [4.78, 5) is 56.0. The quantitative estimate of drug-likeness (QED) is 0.117. The number of hydrogen-bond acceptors (Lipinski definition) is 10. The topological polar surface area (TPSA) is 179 Å². The van der Waals surface area contributed by atoms with Crippen LogP contribution in [0.25, 0.3) is 0 Å². The molecule has 0 aliphatic carbocycles. The number of rotatable bonds is 22. The predicted octanol–water partition coefficient (Wildman–Crippen LogP) is 3.71. The van der Waals surface area contributed by atoms with Crippen LogP contribution in [0.15, 0.2) is 30.3 Å². The molecule has 0 radical (unpaired) electrons. The van der Waals surface area contributed by atoms with Crippen LogP contribution in [0.2, 0.25) is 0 Å². The fourth-order valence-corrected chi connectivity index (χ4v) is 7.83. The summed E-state index contributed by atoms with van der Waals surface area (Å²) >= 11 is 0. The van der Waals surface area contributed by atoms with E-state index < -0.39 is 60.6 Å². The van der Waals surface area contributed by atoms with Gasteiger partial charge < -0.3 is 40.4 Å². The molecule has 11 atom stereocenters. The molecule has 14 heteroatoms. The van der Waals surface area contributed by atoms with Gasteiger partial charge in [0.05, 0.1) is 37.4 Å². The van der Waals surface area contributed by atoms with Gasteiger partial charge in [-0.15, -0.1) is 0 Å². The largest absolute Gasteiger partial charge is 0.453 e. The number of aliphatic hydroxyl groups is 2. The number of benzene rings is 1. The zero-order valence-electron chi connectivity index (χ0n) is 35.3. The Morgan fingerprint density at radius 3 is 2.05 bits per heavy atom. The SMILES string of the molecule is CC[C@H](C)[C@@H](CNC(=O)[C@@H](NC(=O)[C@H](C(C)C)N(C)C(=O)OC)C(C)C)[C@@H](C[C@H](O)N1CCC[C@H]1[C@H](OC)[C@@H](C)C(=O)N[C@H](C)[C@@H](O)c1ccccc1)OC. The van der Waals surface area contributed by atoms with Crippen molar-refractivity contribution in [2.24, 2.45) is 29.6 Å². The average Bonchev–Trinajstić information content (AvgIpc) is 3.65. The van der Waals surface area contributed by atoms with Gasteiger partial charge in [-0.2, -0.15) is 0 Å². The summed E-state index contributed by atoms with van der Waals surface area (Å²) in [5.74, 6) is -2.16. The van der Waals surface area contributed by atoms with Gasteiger partial charge >= 0.3 is 6.09 Å². The number of likely N-dealkylation sites (tertiary alicyclic amines) is 1. The van der Waals surface area contributed by atoms with Crippen LogP contribution in [0.5, 0.6) is 0 Å². The molecule has 5 N–H and O–H groups in total. The van der Waals surface area contributed by atoms with Gasteiger partial charge in [-0.25, -0.2) is 4.79 Å². The minimum absolute atomic E-state index is 0.113. The molecule has 0 spiro atoms. The van der Waals surface area contributed by atoms with Crippen molar-refractivity contribution in [3.05, 3.63) is 35.9 Å². The Hall–Kier alpha value is -3.30. The smallest absolute Gasteiger partial charge is 0.409 e. The average molecular weight is 778 g/mol. The molecule has 1 saturated heterocycles. The zero-order chi connectivity index (χ0) is 41.6. The summed E-state index contributed by atoms with van der Waals surface area (Å²) < 4.78 is 16.8. The lowest BCUT2D eigenvalue weighted by molar-refractivity contribution is -0.136. The maximum absolute atomic E-state index is 13.7. The van der Waals surface area contributed by atoms with E-state index in [1.165, 1.54) is 19.1 Å². The van der Waals surface area contributed by atoms with Gasteiger partial charge in [0.15, 0.2) is 0 Å². The number of aliphatic hydroxyl groups excluding tert-OH is 2. The number of carbonyl (C=O) groups is 4. The van der Waals surface area contributed by atoms with E-state index in [2.05, 4.69) is 29.8 Å². The van der Waals surface area contributed by atoms with Gasteiger partial charge in [0.2, 0.25) is 17.7 Å². The molecular weight excluding hydrogens is 706 g/mol. The highest BCUT2D eigenvalue weighted by Gasteiger charge is 2.42. The molecule has 1 aliphatic rings. The van der Waals surface area contributed by atoms with E-state index in [9.17, 15) is 29.4 Å². The van der Waals surface area contributed by atoms with Gasteiger partial charge in [0.1, 0.15) is 18.3 Å². The third-order valence-corrected chi connectivity index (χ3v) is 11.4. The molecule has 314 valence electrons. The fourth-order valence-electron chi connectivity index (χ4n) is 7.83. The first-order valence-corrected chi connectivity index (χ1v) is 19.9. The number of hydrogen-bond donors (Lipinski definition) is 5. The normalized spacial score (nSPS) is 20.3. The molecule has 1 heterocycles. The Morgan fingerprint density at radius 2 is 1.53 bits per heavy atom. The Bertz CT molecular complexity index is 1330. The standard InChI is InChI=1S/C41H71N5O9/c1-13-26(6)30(23-42-39(50)34(24(2)3)44-40(51)35(25(4)5)45(9)41(52)55-12)32(53-10)22-33(47)46-21-17-20-31(46)37(54-11)27(7)38(49)43-28(8)36(48)29-18-15-14-16-19-29/h14-16,18-19,24-28,30-37,47-48H,13,17,20-23H2,1-12H3,(H,42,50)(H,43,49)(H,44,51)/t26-,27+,28+,30+,31-,32+,33-,34-,35-,36+,37+/m0/s1. The van der Waals surface area contributed by atoms with Gasteiger partial charge in [-0.05, 0) is 43.1 Å². The monoisotopic (exact) mass is 778 g/mol. The van der Waals surface area contributed by atoms with Crippen LogP contribution < -0.4 is 16.0 Å². The maximum atomic E-state index is 13.7. The van der Waals surface area contributed by atoms with E-state index in [0.717, 1.165) is 19.3 Å². The van der Waals surface area contributed by atoms with Crippen molar-refractivity contribution in [2.45, 2.75) is 130 Å². The van der Waals surface area contributed by atoms with Crippen molar-refractivity contribution in [3.8, 4) is 0 Å². The molecule has 0 saturated carbocycles. The lowest BCUT2D eigenvalue weighted by Crippen LogP contribution is -2.57. The Balaban J connectivity index is 2.16. The van der Waals surface area contributed by atoms with Crippen molar-refractivity contribution in [2.75, 3.05) is 41.5 Å². The number of likely N-dealkylation sites (N-methyl/N-ethyl adjacent to an activating group) is 1. The van der Waals surface area contributed by atoms with Gasteiger partial charge in [0, 0.05) is 52.7 Å². The zero-order valence-corrected chi connectivity index (χ0v) is 35.3. The van der Waals surface area contributed by atoms with E-state index in [4.69, 9.17) is 14.2 Å². The highest BCUT2D eigenvalue weighted by atomic mass is 16.5. The number of nitrogens with zero attached hydrogens (tertiary/aromatic N) is 2. The summed E-state index contributed by atoms with van der Waals surface area (Å²) in [5, 5.41) is 31.5. The second-order valence-corrected chi connectivity index (χ2v) is 15.9. The molecule has 0 unspecified atom stereocenters. The van der Waals surface area contributed by atoms with E-state index in [1.54, 1.807) is 28.1 Å². The molecule has 1 aromatic rings. The van der Waals surface area contributed by atoms with Crippen LogP contribution >= 0.6 is 0 Å². The molecule has 2 rings (SSSR count). The van der Waals surface area contributed by atoms with Crippen molar-refractivity contribution in [1.82, 2.24) is 25.8 Å². The lowest BCUT2D eigenvalue weighted by atomic mass is 9.84. The summed E-state index contributed by atoms with van der Waals surface area (Å²) in [7, 11) is 5.93. The highest BCUT2D eigenvalue weighted by Crippen LogP contribution is 2.31. The van der Waals surface area contributed by atoms with Crippen LogP contribution in [0, 0.1) is 29.6 Å². The van der Waals surface area contributed by atoms with Crippen molar-refractivity contribution in [1.29, 1.82) is 0 Å². The highest BCUT2D eigenvalue weighted by molar-refractivity contribution is 5.91. The molecule has 55 heavy (non-hydrogen) atoms. The van der Waals surface area contributed by atoms with Gasteiger partial charge in [0.25, 0.3) is 0 Å². The molecule has 0 aromatic heterocycles. The summed E-state index contributed by atoms with van der Waals surface area (Å²) in [5.41, 5.74) is 0.714. The van der Waals surface area contributed by atoms with Crippen LogP contribution in [-0.2, 0) is 28.6 Å². The first-order chi connectivity index (χ1) is 25.9. The summed E-state index contributed by atoms with van der Waals surface area (Å²) in [6.45, 7) is 15.9. The Labute approximate surface area is 329 Å². The third-order valence-electron chi connectivity index (χ3n) is 11.4. The van der Waals surface area contributed by atoms with Gasteiger partial charge in [-0.3, -0.25) is 24.2 Å². The minimum atomic E-state index is -0.908. The van der Waals surface area contributed by atoms with E-state index in [1.807, 2.05) is 62.9 Å². The number of ether oxygens (including phenoxy) is 3.